The van der Waals surface area contributed by atoms with Crippen LogP contribution in [0.15, 0.2) is 24.3 Å². The van der Waals surface area contributed by atoms with Gasteiger partial charge in [0.05, 0.1) is 5.60 Å². The lowest BCUT2D eigenvalue weighted by Crippen LogP contribution is -2.27. The Balaban J connectivity index is 2.52. The van der Waals surface area contributed by atoms with Crippen LogP contribution in [0.2, 0.25) is 0 Å². The van der Waals surface area contributed by atoms with Gasteiger partial charge >= 0.3 is 6.18 Å². The molecule has 1 aromatic rings. The molecule has 0 aliphatic carbocycles. The Morgan fingerprint density at radius 1 is 1.05 bits per heavy atom. The van der Waals surface area contributed by atoms with Gasteiger partial charge in [-0.05, 0) is 36.8 Å². The summed E-state index contributed by atoms with van der Waals surface area (Å²) in [5.41, 5.74) is 1.07. The number of alkyl halides is 3. The maximum atomic E-state index is 12.1. The van der Waals surface area contributed by atoms with Crippen LogP contribution in [0.3, 0.4) is 0 Å². The molecule has 4 heteroatoms. The molecule has 20 heavy (non-hydrogen) atoms. The van der Waals surface area contributed by atoms with E-state index in [0.29, 0.717) is 12.3 Å². The van der Waals surface area contributed by atoms with E-state index in [9.17, 15) is 18.3 Å². The highest BCUT2D eigenvalue weighted by atomic mass is 19.4. The second-order valence-corrected chi connectivity index (χ2v) is 6.04. The molecule has 0 bridgehead atoms. The highest BCUT2D eigenvalue weighted by Crippen LogP contribution is 2.27. The molecule has 1 N–H and O–H groups in total. The fourth-order valence-corrected chi connectivity index (χ4v) is 2.22. The summed E-state index contributed by atoms with van der Waals surface area (Å²) in [4.78, 5) is 0. The zero-order valence-electron chi connectivity index (χ0n) is 12.3. The Kier molecular flexibility index (Phi) is 5.63. The first-order valence-corrected chi connectivity index (χ1v) is 6.97. The van der Waals surface area contributed by atoms with Crippen molar-refractivity contribution in [1.29, 1.82) is 0 Å². The molecule has 1 aromatic carbocycles. The summed E-state index contributed by atoms with van der Waals surface area (Å²) >= 11 is 0. The Labute approximate surface area is 118 Å². The van der Waals surface area contributed by atoms with Crippen LogP contribution < -0.4 is 0 Å². The topological polar surface area (TPSA) is 20.2 Å². The summed E-state index contributed by atoms with van der Waals surface area (Å²) in [6, 6.07) is 7.89. The third-order valence-corrected chi connectivity index (χ3v) is 3.41. The molecule has 0 saturated heterocycles. The van der Waals surface area contributed by atoms with Crippen LogP contribution in [0.4, 0.5) is 13.2 Å². The molecular weight excluding hydrogens is 265 g/mol. The largest absolute Gasteiger partial charge is 0.390 e. The average molecular weight is 288 g/mol. The molecule has 1 nitrogen and oxygen atoms in total. The van der Waals surface area contributed by atoms with Crippen molar-refractivity contribution in [1.82, 2.24) is 0 Å². The lowest BCUT2D eigenvalue weighted by Gasteiger charge is -2.24. The molecule has 1 atom stereocenters. The van der Waals surface area contributed by atoms with Gasteiger partial charge in [0, 0.05) is 12.8 Å². The van der Waals surface area contributed by atoms with E-state index in [4.69, 9.17) is 0 Å². The van der Waals surface area contributed by atoms with E-state index in [0.717, 1.165) is 5.56 Å². The monoisotopic (exact) mass is 288 g/mol. The number of halogens is 3. The van der Waals surface area contributed by atoms with Crippen molar-refractivity contribution < 1.29 is 18.3 Å². The van der Waals surface area contributed by atoms with Crippen LogP contribution in [0.5, 0.6) is 0 Å². The van der Waals surface area contributed by atoms with Crippen LogP contribution in [0, 0.1) is 0 Å². The van der Waals surface area contributed by atoms with Crippen molar-refractivity contribution in [3.63, 3.8) is 0 Å². The van der Waals surface area contributed by atoms with Gasteiger partial charge in [-0.25, -0.2) is 0 Å². The lowest BCUT2D eigenvalue weighted by atomic mass is 9.90. The molecule has 0 aliphatic heterocycles. The van der Waals surface area contributed by atoms with Crippen molar-refractivity contribution >= 4 is 0 Å². The molecule has 0 heterocycles. The van der Waals surface area contributed by atoms with Gasteiger partial charge in [0.25, 0.3) is 0 Å². The van der Waals surface area contributed by atoms with E-state index in [1.807, 2.05) is 24.3 Å². The highest BCUT2D eigenvalue weighted by molar-refractivity contribution is 5.25. The molecular formula is C16H23F3O. The van der Waals surface area contributed by atoms with Crippen molar-refractivity contribution in [3.8, 4) is 0 Å². The summed E-state index contributed by atoms with van der Waals surface area (Å²) in [6.07, 6.45) is -4.49. The third-order valence-electron chi connectivity index (χ3n) is 3.41. The zero-order chi connectivity index (χ0) is 15.4. The lowest BCUT2D eigenvalue weighted by molar-refractivity contribution is -0.137. The summed E-state index contributed by atoms with van der Waals surface area (Å²) in [7, 11) is 0. The van der Waals surface area contributed by atoms with Gasteiger partial charge in [0.2, 0.25) is 0 Å². The van der Waals surface area contributed by atoms with E-state index in [-0.39, 0.29) is 12.8 Å². The Morgan fingerprint density at radius 3 is 2.05 bits per heavy atom. The highest BCUT2D eigenvalue weighted by Gasteiger charge is 2.29. The summed E-state index contributed by atoms with van der Waals surface area (Å²) in [5.74, 6) is 0.441. The predicted molar refractivity (Wildman–Crippen MR) is 74.8 cm³/mol. The molecule has 0 fully saturated rings. The second kappa shape index (κ2) is 6.61. The first-order valence-electron chi connectivity index (χ1n) is 6.97. The van der Waals surface area contributed by atoms with Crippen molar-refractivity contribution in [2.75, 3.05) is 0 Å². The molecule has 0 radical (unpaired) electrons. The van der Waals surface area contributed by atoms with Crippen LogP contribution in [0.1, 0.15) is 57.1 Å². The summed E-state index contributed by atoms with van der Waals surface area (Å²) in [5, 5.41) is 10.2. The van der Waals surface area contributed by atoms with Gasteiger partial charge in [-0.3, -0.25) is 0 Å². The quantitative estimate of drug-likeness (QED) is 0.794. The normalized spacial score (nSPS) is 15.4. The molecule has 114 valence electrons. The number of benzene rings is 1. The first kappa shape index (κ1) is 17.0. The van der Waals surface area contributed by atoms with Crippen LogP contribution >= 0.6 is 0 Å². The maximum Gasteiger partial charge on any atom is 0.389 e. The SMILES string of the molecule is CC(C)c1ccc(CC(C)(O)CCCC(F)(F)F)cc1. The van der Waals surface area contributed by atoms with E-state index in [2.05, 4.69) is 13.8 Å². The van der Waals surface area contributed by atoms with Gasteiger partial charge in [0.1, 0.15) is 0 Å². The number of hydrogen-bond acceptors (Lipinski definition) is 1. The van der Waals surface area contributed by atoms with Crippen LogP contribution in [-0.2, 0) is 6.42 Å². The Morgan fingerprint density at radius 2 is 1.60 bits per heavy atom. The standard InChI is InChI=1S/C16H23F3O/c1-12(2)14-7-5-13(6-8-14)11-15(3,20)9-4-10-16(17,18)19/h5-8,12,20H,4,9-11H2,1-3H3. The van der Waals surface area contributed by atoms with Crippen LogP contribution in [-0.4, -0.2) is 16.9 Å². The minimum Gasteiger partial charge on any atom is -0.390 e. The molecule has 0 saturated carbocycles. The fraction of sp³-hybridized carbons (Fsp3) is 0.625. The Bertz CT molecular complexity index is 405. The van der Waals surface area contributed by atoms with Gasteiger partial charge in [-0.2, -0.15) is 13.2 Å². The van der Waals surface area contributed by atoms with Crippen molar-refractivity contribution in [3.05, 3.63) is 35.4 Å². The van der Waals surface area contributed by atoms with Crippen molar-refractivity contribution in [2.45, 2.75) is 64.1 Å². The van der Waals surface area contributed by atoms with Gasteiger partial charge in [-0.1, -0.05) is 38.1 Å². The summed E-state index contributed by atoms with van der Waals surface area (Å²) < 4.78 is 36.3. The van der Waals surface area contributed by atoms with Crippen LogP contribution in [0.25, 0.3) is 0 Å². The van der Waals surface area contributed by atoms with E-state index in [1.54, 1.807) is 6.92 Å². The van der Waals surface area contributed by atoms with Crippen molar-refractivity contribution in [2.24, 2.45) is 0 Å². The fourth-order valence-electron chi connectivity index (χ4n) is 2.22. The van der Waals surface area contributed by atoms with Gasteiger partial charge in [0.15, 0.2) is 0 Å². The Hall–Kier alpha value is -1.03. The first-order chi connectivity index (χ1) is 9.09. The average Bonchev–Trinajstić information content (AvgIpc) is 2.26. The molecule has 0 spiro atoms. The molecule has 0 aliphatic rings. The van der Waals surface area contributed by atoms with E-state index >= 15 is 0 Å². The number of rotatable bonds is 6. The molecule has 0 aromatic heterocycles. The predicted octanol–water partition coefficient (Wildman–Crippen LogP) is 4.84. The van der Waals surface area contributed by atoms with E-state index in [1.165, 1.54) is 5.56 Å². The molecule has 1 rings (SSSR count). The van der Waals surface area contributed by atoms with E-state index < -0.39 is 18.2 Å². The zero-order valence-corrected chi connectivity index (χ0v) is 12.3. The minimum absolute atomic E-state index is 0.0411. The third kappa shape index (κ3) is 6.42. The number of hydrogen-bond donors (Lipinski definition) is 1. The van der Waals surface area contributed by atoms with Gasteiger partial charge in [-0.15, -0.1) is 0 Å². The number of aliphatic hydroxyl groups is 1. The summed E-state index contributed by atoms with van der Waals surface area (Å²) in [6.45, 7) is 5.80. The molecule has 1 unspecified atom stereocenters. The van der Waals surface area contributed by atoms with Gasteiger partial charge < -0.3 is 5.11 Å². The molecule has 0 amide bonds. The maximum absolute atomic E-state index is 12.1. The smallest absolute Gasteiger partial charge is 0.389 e. The minimum atomic E-state index is -4.14. The second-order valence-electron chi connectivity index (χ2n) is 6.04.